The Kier molecular flexibility index (Phi) is 1.60. The van der Waals surface area contributed by atoms with Gasteiger partial charge in [0, 0.05) is 0 Å². The highest BCUT2D eigenvalue weighted by Crippen LogP contribution is 2.22. The predicted molar refractivity (Wildman–Crippen MR) is 13.2 cm³/mol. The third-order valence-corrected chi connectivity index (χ3v) is 0.254. The van der Waals surface area contributed by atoms with Crippen LogP contribution in [0.2, 0.25) is 0 Å². The number of hydrogen-bond donors (Lipinski definition) is 2. The molecule has 0 spiro atoms. The maximum Gasteiger partial charge on any atom is 0.449 e. The fourth-order valence-electron chi connectivity index (χ4n) is 0. The van der Waals surface area contributed by atoms with Crippen molar-refractivity contribution < 1.29 is 23.4 Å². The Labute approximate surface area is 37.2 Å². The van der Waals surface area contributed by atoms with E-state index in [1.165, 1.54) is 0 Å². The first-order chi connectivity index (χ1) is 2.94. The molecule has 2 nitrogen and oxygen atoms in total. The third-order valence-electron chi connectivity index (χ3n) is 0.254. The average molecular weight is 115 g/mol. The van der Waals surface area contributed by atoms with Crippen LogP contribution >= 0.6 is 0 Å². The average Bonchev–Trinajstić information content (AvgIpc) is 1.31. The van der Waals surface area contributed by atoms with Gasteiger partial charge >= 0.3 is 12.5 Å². The molecule has 0 heterocycles. The van der Waals surface area contributed by atoms with Gasteiger partial charge in [0.05, 0.1) is 0 Å². The minimum absolute atomic E-state index is 2.51. The number of aliphatic hydroxyl groups is 2. The van der Waals surface area contributed by atoms with Crippen molar-refractivity contribution in [1.29, 1.82) is 0 Å². The lowest BCUT2D eigenvalue weighted by molar-refractivity contribution is -0.207. The van der Waals surface area contributed by atoms with Gasteiger partial charge in [0.25, 0.3) is 0 Å². The highest BCUT2D eigenvalue weighted by molar-refractivity contribution is 4.67. The second kappa shape index (κ2) is 1.67. The summed E-state index contributed by atoms with van der Waals surface area (Å²) in [6.07, 6.45) is -7.48. The normalized spacial score (nSPS) is 12.9. The summed E-state index contributed by atoms with van der Waals surface area (Å²) in [7, 11) is 0. The zero-order valence-corrected chi connectivity index (χ0v) is 3.03. The highest BCUT2D eigenvalue weighted by atomic mass is 19.4. The molecular formula is C2H2F3O2. The number of hydrogen-bond acceptors (Lipinski definition) is 2. The van der Waals surface area contributed by atoms with Crippen LogP contribution in [0.1, 0.15) is 0 Å². The van der Waals surface area contributed by atoms with Crippen molar-refractivity contribution in [3.8, 4) is 0 Å². The molecule has 0 bridgehead atoms. The lowest BCUT2D eigenvalue weighted by atomic mass is 10.6. The molecule has 0 aromatic heterocycles. The number of aliphatic hydroxyl groups excluding tert-OH is 1. The van der Waals surface area contributed by atoms with Crippen LogP contribution < -0.4 is 0 Å². The summed E-state index contributed by atoms with van der Waals surface area (Å²) >= 11 is 0. The fourth-order valence-corrected chi connectivity index (χ4v) is 0. The SMILES string of the molecule is O[C](O)C(F)(F)F. The first kappa shape index (κ1) is 6.71. The molecule has 0 atom stereocenters. The van der Waals surface area contributed by atoms with Gasteiger partial charge in [0.2, 0.25) is 0 Å². The molecule has 0 aliphatic carbocycles. The van der Waals surface area contributed by atoms with E-state index in [0.717, 1.165) is 0 Å². The maximum atomic E-state index is 10.6. The molecule has 0 rings (SSSR count). The predicted octanol–water partition coefficient (Wildman–Crippen LogP) is 0.783. The summed E-state index contributed by atoms with van der Waals surface area (Å²) in [5, 5.41) is 14.5. The van der Waals surface area contributed by atoms with Gasteiger partial charge in [-0.3, -0.25) is 0 Å². The second-order valence-electron chi connectivity index (χ2n) is 0.821. The zero-order valence-electron chi connectivity index (χ0n) is 3.03. The van der Waals surface area contributed by atoms with E-state index >= 15 is 0 Å². The van der Waals surface area contributed by atoms with E-state index < -0.39 is 12.5 Å². The second-order valence-corrected chi connectivity index (χ2v) is 0.821. The first-order valence-corrected chi connectivity index (χ1v) is 1.26. The number of halogens is 3. The molecule has 0 unspecified atom stereocenters. The summed E-state index contributed by atoms with van der Waals surface area (Å²) in [6.45, 7) is 0. The van der Waals surface area contributed by atoms with E-state index in [1.807, 2.05) is 0 Å². The Morgan fingerprint density at radius 1 is 1.14 bits per heavy atom. The van der Waals surface area contributed by atoms with Crippen LogP contribution in [0.15, 0.2) is 0 Å². The van der Waals surface area contributed by atoms with E-state index in [0.29, 0.717) is 0 Å². The molecule has 1 radical (unpaired) electrons. The Morgan fingerprint density at radius 2 is 1.29 bits per heavy atom. The Balaban J connectivity index is 3.54. The fraction of sp³-hybridized carbons (Fsp3) is 0.500. The van der Waals surface area contributed by atoms with Crippen molar-refractivity contribution in [3.63, 3.8) is 0 Å². The van der Waals surface area contributed by atoms with Gasteiger partial charge in [0.1, 0.15) is 0 Å². The lowest BCUT2D eigenvalue weighted by Gasteiger charge is -2.03. The summed E-state index contributed by atoms with van der Waals surface area (Å²) in [6, 6.07) is 0. The maximum absolute atomic E-state index is 10.6. The van der Waals surface area contributed by atoms with Gasteiger partial charge in [-0.2, -0.15) is 13.2 Å². The monoisotopic (exact) mass is 115 g/mol. The Bertz CT molecular complexity index is 56.4. The van der Waals surface area contributed by atoms with Crippen molar-refractivity contribution in [2.24, 2.45) is 0 Å². The van der Waals surface area contributed by atoms with Crippen LogP contribution in [0.4, 0.5) is 13.2 Å². The molecule has 0 amide bonds. The largest absolute Gasteiger partial charge is 0.449 e. The molecule has 0 aromatic rings. The van der Waals surface area contributed by atoms with Crippen LogP contribution in [0.25, 0.3) is 0 Å². The van der Waals surface area contributed by atoms with Crippen LogP contribution in [0.3, 0.4) is 0 Å². The van der Waals surface area contributed by atoms with Gasteiger partial charge in [-0.05, 0) is 0 Å². The van der Waals surface area contributed by atoms with Crippen LogP contribution in [0, 0.1) is 6.29 Å². The van der Waals surface area contributed by atoms with Crippen molar-refractivity contribution >= 4 is 0 Å². The molecule has 0 fully saturated rings. The van der Waals surface area contributed by atoms with Gasteiger partial charge in [-0.25, -0.2) is 0 Å². The Morgan fingerprint density at radius 3 is 1.29 bits per heavy atom. The van der Waals surface area contributed by atoms with Gasteiger partial charge in [-0.1, -0.05) is 0 Å². The minimum atomic E-state index is -4.97. The molecule has 0 aliphatic rings. The number of alkyl halides is 3. The van der Waals surface area contributed by atoms with Crippen molar-refractivity contribution in [2.45, 2.75) is 6.18 Å². The molecular weight excluding hydrogens is 113 g/mol. The summed E-state index contributed by atoms with van der Waals surface area (Å²) in [5.41, 5.74) is 0. The van der Waals surface area contributed by atoms with E-state index in [1.54, 1.807) is 0 Å². The Hall–Kier alpha value is -0.290. The molecule has 43 valence electrons. The van der Waals surface area contributed by atoms with Crippen molar-refractivity contribution in [3.05, 3.63) is 6.29 Å². The topological polar surface area (TPSA) is 40.5 Å². The number of rotatable bonds is 0. The molecule has 2 N–H and O–H groups in total. The van der Waals surface area contributed by atoms with E-state index in [9.17, 15) is 13.2 Å². The molecule has 7 heavy (non-hydrogen) atoms. The zero-order chi connectivity index (χ0) is 6.08. The quantitative estimate of drug-likeness (QED) is 0.489. The summed E-state index contributed by atoms with van der Waals surface area (Å²) in [4.78, 5) is 0. The highest BCUT2D eigenvalue weighted by Gasteiger charge is 2.38. The lowest BCUT2D eigenvalue weighted by Crippen LogP contribution is -2.18. The van der Waals surface area contributed by atoms with Gasteiger partial charge in [0.15, 0.2) is 0 Å². The molecule has 0 saturated carbocycles. The third kappa shape index (κ3) is 2.41. The van der Waals surface area contributed by atoms with Crippen LogP contribution in [-0.4, -0.2) is 16.4 Å². The smallest absolute Gasteiger partial charge is 0.354 e. The van der Waals surface area contributed by atoms with E-state index in [-0.39, 0.29) is 0 Å². The van der Waals surface area contributed by atoms with E-state index in [2.05, 4.69) is 0 Å². The van der Waals surface area contributed by atoms with Gasteiger partial charge in [-0.15, -0.1) is 0 Å². The molecule has 0 aromatic carbocycles. The standard InChI is InChI=1S/C2H2F3O2/c3-2(4,5)1(6)7/h6-7H. The van der Waals surface area contributed by atoms with Crippen LogP contribution in [-0.2, 0) is 0 Å². The van der Waals surface area contributed by atoms with Crippen molar-refractivity contribution in [1.82, 2.24) is 0 Å². The van der Waals surface area contributed by atoms with E-state index in [4.69, 9.17) is 10.2 Å². The first-order valence-electron chi connectivity index (χ1n) is 1.26. The summed E-state index contributed by atoms with van der Waals surface area (Å²) < 4.78 is 31.9. The summed E-state index contributed by atoms with van der Waals surface area (Å²) in [5.74, 6) is 0. The van der Waals surface area contributed by atoms with Crippen molar-refractivity contribution in [2.75, 3.05) is 0 Å². The minimum Gasteiger partial charge on any atom is -0.354 e. The molecule has 0 aliphatic heterocycles. The van der Waals surface area contributed by atoms with Crippen LogP contribution in [0.5, 0.6) is 0 Å². The molecule has 0 saturated heterocycles. The molecule has 5 heteroatoms. The van der Waals surface area contributed by atoms with Gasteiger partial charge < -0.3 is 10.2 Å².